The van der Waals surface area contributed by atoms with E-state index in [1.54, 1.807) is 27.1 Å². The number of amides is 3. The molecule has 4 aromatic rings. The first kappa shape index (κ1) is 28.3. The Morgan fingerprint density at radius 1 is 1.20 bits per heavy atom. The summed E-state index contributed by atoms with van der Waals surface area (Å²) >= 11 is 1.55. The molecule has 0 saturated carbocycles. The minimum absolute atomic E-state index is 0.00502. The van der Waals surface area contributed by atoms with Crippen molar-refractivity contribution in [3.05, 3.63) is 64.7 Å². The third kappa shape index (κ3) is 6.91. The van der Waals surface area contributed by atoms with Gasteiger partial charge in [-0.15, -0.1) is 16.4 Å². The van der Waals surface area contributed by atoms with E-state index in [0.29, 0.717) is 37.3 Å². The maximum Gasteiger partial charge on any atom is 0.270 e. The predicted molar refractivity (Wildman–Crippen MR) is 151 cm³/mol. The summed E-state index contributed by atoms with van der Waals surface area (Å²) in [7, 11) is 0. The number of carbonyl (C=O) groups is 3. The number of nitrogens with one attached hydrogen (secondary N) is 3. The Bertz CT molecular complexity index is 1520. The van der Waals surface area contributed by atoms with Crippen LogP contribution in [0, 0.1) is 11.7 Å². The van der Waals surface area contributed by atoms with Gasteiger partial charge >= 0.3 is 0 Å². The summed E-state index contributed by atoms with van der Waals surface area (Å²) in [5.41, 5.74) is 2.05. The van der Waals surface area contributed by atoms with Crippen LogP contribution in [-0.4, -0.2) is 74.9 Å². The van der Waals surface area contributed by atoms with Crippen molar-refractivity contribution in [3.63, 3.8) is 0 Å². The van der Waals surface area contributed by atoms with E-state index in [-0.39, 0.29) is 48.7 Å². The number of aromatic amines is 1. The van der Waals surface area contributed by atoms with Crippen LogP contribution >= 0.6 is 11.3 Å². The van der Waals surface area contributed by atoms with Gasteiger partial charge in [-0.2, -0.15) is 0 Å². The molecule has 0 unspecified atom stereocenters. The molecule has 1 aromatic carbocycles. The van der Waals surface area contributed by atoms with Gasteiger partial charge < -0.3 is 25.3 Å². The molecule has 2 bridgehead atoms. The number of H-pyrrole nitrogens is 1. The molecule has 5 rings (SSSR count). The number of halogens is 1. The molecule has 4 heterocycles. The van der Waals surface area contributed by atoms with E-state index in [0.717, 1.165) is 16.3 Å². The molecule has 0 saturated heterocycles. The molecule has 0 aliphatic carbocycles. The van der Waals surface area contributed by atoms with Gasteiger partial charge in [-0.3, -0.25) is 14.4 Å². The summed E-state index contributed by atoms with van der Waals surface area (Å²) in [6.07, 6.45) is 2.61. The highest BCUT2D eigenvalue weighted by atomic mass is 32.1. The van der Waals surface area contributed by atoms with Crippen molar-refractivity contribution in [3.8, 4) is 5.75 Å². The van der Waals surface area contributed by atoms with Crippen molar-refractivity contribution in [2.45, 2.75) is 39.3 Å². The molecule has 11 nitrogen and oxygen atoms in total. The maximum absolute atomic E-state index is 14.1. The second-order valence-corrected chi connectivity index (χ2v) is 11.3. The van der Waals surface area contributed by atoms with Crippen molar-refractivity contribution in [1.82, 2.24) is 35.5 Å². The zero-order chi connectivity index (χ0) is 28.9. The number of rotatable bonds is 3. The monoisotopic (exact) mass is 581 g/mol. The first-order chi connectivity index (χ1) is 19.8. The van der Waals surface area contributed by atoms with Crippen LogP contribution < -0.4 is 15.4 Å². The topological polar surface area (TPSA) is 134 Å². The highest BCUT2D eigenvalue weighted by molar-refractivity contribution is 7.17. The summed E-state index contributed by atoms with van der Waals surface area (Å²) in [5, 5.41) is 15.9. The number of hydrogen-bond acceptors (Lipinski definition) is 7. The Morgan fingerprint density at radius 3 is 2.85 bits per heavy atom. The van der Waals surface area contributed by atoms with E-state index in [2.05, 4.69) is 25.9 Å². The van der Waals surface area contributed by atoms with Gasteiger partial charge in [0, 0.05) is 32.3 Å². The van der Waals surface area contributed by atoms with Crippen molar-refractivity contribution >= 4 is 39.3 Å². The zero-order valence-corrected chi connectivity index (χ0v) is 23.7. The Labute approximate surface area is 240 Å². The highest BCUT2D eigenvalue weighted by Gasteiger charge is 2.25. The number of ether oxygens (including phenoxy) is 1. The van der Waals surface area contributed by atoms with E-state index in [9.17, 15) is 18.8 Å². The first-order valence-electron chi connectivity index (χ1n) is 13.5. The molecule has 0 fully saturated rings. The molecule has 1 atom stereocenters. The van der Waals surface area contributed by atoms with Crippen LogP contribution in [0.4, 0.5) is 4.39 Å². The van der Waals surface area contributed by atoms with Crippen molar-refractivity contribution in [1.29, 1.82) is 0 Å². The molecule has 0 spiro atoms. The molecule has 13 heteroatoms. The number of carbonyl (C=O) groups excluding carboxylic acids is 3. The minimum Gasteiger partial charge on any atom is -0.491 e. The molecule has 1 aliphatic rings. The summed E-state index contributed by atoms with van der Waals surface area (Å²) in [6.45, 7) is 5.16. The van der Waals surface area contributed by atoms with Gasteiger partial charge in [0.15, 0.2) is 0 Å². The molecule has 41 heavy (non-hydrogen) atoms. The fourth-order valence-corrected chi connectivity index (χ4v) is 5.47. The number of fused-ring (bicyclic) bond motifs is 4. The summed E-state index contributed by atoms with van der Waals surface area (Å²) in [4.78, 5) is 44.7. The predicted octanol–water partition coefficient (Wildman–Crippen LogP) is 3.00. The van der Waals surface area contributed by atoms with Crippen molar-refractivity contribution in [2.24, 2.45) is 5.92 Å². The lowest BCUT2D eigenvalue weighted by Crippen LogP contribution is -2.49. The van der Waals surface area contributed by atoms with Crippen LogP contribution in [0.15, 0.2) is 41.9 Å². The molecule has 1 aliphatic heterocycles. The second-order valence-electron chi connectivity index (χ2n) is 10.3. The van der Waals surface area contributed by atoms with Crippen LogP contribution in [0.1, 0.15) is 46.8 Å². The standard InChI is InChI=1S/C28H32FN7O4S/c1-17(2)13-22-27(38)30-7-9-35(28(39)23-15-25-21(31-23)6-12-41-25)8-5-19-16-36(34-33-19)10-11-40-24-4-3-18(29)14-20(24)26(37)32-22/h3-4,6,12,14-17,22,31H,5,7-11,13H2,1-2H3,(H,30,38)(H,32,37)/t22-/m1/s1. The molecule has 3 amide bonds. The van der Waals surface area contributed by atoms with Crippen LogP contribution in [0.3, 0.4) is 0 Å². The number of hydrogen-bond donors (Lipinski definition) is 3. The van der Waals surface area contributed by atoms with E-state index in [1.165, 1.54) is 12.1 Å². The molecular formula is C28H32FN7O4S. The van der Waals surface area contributed by atoms with Gasteiger partial charge in [-0.1, -0.05) is 19.1 Å². The highest BCUT2D eigenvalue weighted by Crippen LogP contribution is 2.23. The lowest BCUT2D eigenvalue weighted by atomic mass is 10.0. The summed E-state index contributed by atoms with van der Waals surface area (Å²) in [5.74, 6) is -1.49. The van der Waals surface area contributed by atoms with Gasteiger partial charge in [-0.05, 0) is 48.1 Å². The molecule has 3 aromatic heterocycles. The lowest BCUT2D eigenvalue weighted by molar-refractivity contribution is -0.123. The Hall–Kier alpha value is -4.26. The lowest BCUT2D eigenvalue weighted by Gasteiger charge is -2.24. The van der Waals surface area contributed by atoms with E-state index in [1.807, 2.05) is 31.4 Å². The third-order valence-corrected chi connectivity index (χ3v) is 7.62. The van der Waals surface area contributed by atoms with Crippen LogP contribution in [0.5, 0.6) is 5.75 Å². The van der Waals surface area contributed by atoms with Gasteiger partial charge in [0.25, 0.3) is 11.8 Å². The minimum atomic E-state index is -0.860. The second kappa shape index (κ2) is 12.5. The quantitative estimate of drug-likeness (QED) is 0.341. The fourth-order valence-electron chi connectivity index (χ4n) is 4.69. The maximum atomic E-state index is 14.1. The van der Waals surface area contributed by atoms with Crippen LogP contribution in [0.2, 0.25) is 0 Å². The zero-order valence-electron chi connectivity index (χ0n) is 22.9. The SMILES string of the molecule is CC(C)C[C@H]1NC(=O)c2cc(F)ccc2OCCn2cc(nn2)CCN(C(=O)c2cc3sccc3[nH]2)CCNC1=O. The van der Waals surface area contributed by atoms with E-state index >= 15 is 0 Å². The summed E-state index contributed by atoms with van der Waals surface area (Å²) in [6, 6.07) is 6.60. The molecular weight excluding hydrogens is 549 g/mol. The average Bonchev–Trinajstić information content (AvgIpc) is 3.67. The number of thiophene rings is 1. The summed E-state index contributed by atoms with van der Waals surface area (Å²) < 4.78 is 22.5. The van der Waals surface area contributed by atoms with Crippen LogP contribution in [-0.2, 0) is 17.8 Å². The normalized spacial score (nSPS) is 17.4. The van der Waals surface area contributed by atoms with E-state index < -0.39 is 17.8 Å². The Morgan fingerprint density at radius 2 is 2.05 bits per heavy atom. The largest absolute Gasteiger partial charge is 0.491 e. The molecule has 216 valence electrons. The van der Waals surface area contributed by atoms with Crippen molar-refractivity contribution in [2.75, 3.05) is 26.2 Å². The Balaban J connectivity index is 1.39. The average molecular weight is 582 g/mol. The van der Waals surface area contributed by atoms with Gasteiger partial charge in [0.05, 0.1) is 28.0 Å². The smallest absolute Gasteiger partial charge is 0.270 e. The first-order valence-corrected chi connectivity index (χ1v) is 14.4. The van der Waals surface area contributed by atoms with Gasteiger partial charge in [0.2, 0.25) is 5.91 Å². The number of benzene rings is 1. The Kier molecular flexibility index (Phi) is 8.62. The number of nitrogens with zero attached hydrogens (tertiary/aromatic N) is 4. The number of aromatic nitrogens is 4. The third-order valence-electron chi connectivity index (χ3n) is 6.76. The van der Waals surface area contributed by atoms with Gasteiger partial charge in [-0.25, -0.2) is 9.07 Å². The molecule has 0 radical (unpaired) electrons. The van der Waals surface area contributed by atoms with Crippen molar-refractivity contribution < 1.29 is 23.5 Å². The van der Waals surface area contributed by atoms with Gasteiger partial charge in [0.1, 0.15) is 29.9 Å². The molecule has 3 N–H and O–H groups in total. The van der Waals surface area contributed by atoms with E-state index in [4.69, 9.17) is 4.74 Å². The van der Waals surface area contributed by atoms with Crippen LogP contribution in [0.25, 0.3) is 10.2 Å². The fraction of sp³-hybridized carbons (Fsp3) is 0.393.